The minimum atomic E-state index is -4.07. The fourth-order valence-corrected chi connectivity index (χ4v) is 4.77. The summed E-state index contributed by atoms with van der Waals surface area (Å²) in [6.45, 7) is 3.60. The van der Waals surface area contributed by atoms with Crippen LogP contribution in [0.15, 0.2) is 83.8 Å². The normalized spacial score (nSPS) is 12.1. The van der Waals surface area contributed by atoms with Crippen molar-refractivity contribution >= 4 is 33.2 Å². The monoisotopic (exact) mass is 472 g/mol. The van der Waals surface area contributed by atoms with Crippen LogP contribution in [0.2, 0.25) is 5.02 Å². The number of anilines is 1. The van der Waals surface area contributed by atoms with E-state index in [4.69, 9.17) is 16.3 Å². The lowest BCUT2D eigenvalue weighted by molar-refractivity contribution is -0.120. The lowest BCUT2D eigenvalue weighted by Gasteiger charge is -2.26. The Morgan fingerprint density at radius 2 is 1.62 bits per heavy atom. The van der Waals surface area contributed by atoms with Crippen molar-refractivity contribution in [3.8, 4) is 5.75 Å². The van der Waals surface area contributed by atoms with E-state index in [1.807, 2.05) is 44.2 Å². The topological polar surface area (TPSA) is 75.7 Å². The predicted molar refractivity (Wildman–Crippen MR) is 127 cm³/mol. The molecule has 0 unspecified atom stereocenters. The number of amides is 1. The number of nitrogens with zero attached hydrogens (tertiary/aromatic N) is 1. The maximum absolute atomic E-state index is 13.5. The van der Waals surface area contributed by atoms with Gasteiger partial charge in [-0.1, -0.05) is 54.1 Å². The molecule has 1 atom stereocenters. The first-order valence-corrected chi connectivity index (χ1v) is 12.0. The van der Waals surface area contributed by atoms with Crippen molar-refractivity contribution in [3.63, 3.8) is 0 Å². The zero-order chi connectivity index (χ0) is 23.1. The molecule has 168 valence electrons. The highest BCUT2D eigenvalue weighted by atomic mass is 35.5. The van der Waals surface area contributed by atoms with Gasteiger partial charge >= 0.3 is 0 Å². The van der Waals surface area contributed by atoms with Gasteiger partial charge in [0.25, 0.3) is 10.0 Å². The molecule has 3 rings (SSSR count). The first-order chi connectivity index (χ1) is 15.3. The summed E-state index contributed by atoms with van der Waals surface area (Å²) in [6.07, 6.45) is 0. The molecule has 0 fully saturated rings. The maximum atomic E-state index is 13.5. The second-order valence-corrected chi connectivity index (χ2v) is 9.36. The van der Waals surface area contributed by atoms with Crippen molar-refractivity contribution in [2.75, 3.05) is 17.5 Å². The fourth-order valence-electron chi connectivity index (χ4n) is 3.22. The molecule has 0 aliphatic carbocycles. The summed E-state index contributed by atoms with van der Waals surface area (Å²) in [5.74, 6) is -0.0679. The van der Waals surface area contributed by atoms with E-state index in [-0.39, 0.29) is 16.6 Å². The summed E-state index contributed by atoms with van der Waals surface area (Å²) in [7, 11) is -4.07. The van der Waals surface area contributed by atoms with Gasteiger partial charge in [0.1, 0.15) is 12.3 Å². The number of carbonyl (C=O) groups is 1. The SMILES string of the molecule is CCOc1ccccc1N(CC(=O)N[C@H](C)c1ccccc1)S(=O)(=O)c1ccc(Cl)cc1. The van der Waals surface area contributed by atoms with Crippen LogP contribution in [0.25, 0.3) is 0 Å². The number of para-hydroxylation sites is 2. The van der Waals surface area contributed by atoms with Crippen molar-refractivity contribution in [3.05, 3.63) is 89.4 Å². The standard InChI is InChI=1S/C24H25ClN2O4S/c1-3-31-23-12-8-7-11-22(23)27(32(29,30)21-15-13-20(25)14-16-21)17-24(28)26-18(2)19-9-5-4-6-10-19/h4-16,18H,3,17H2,1-2H3,(H,26,28)/t18-/m1/s1. The average Bonchev–Trinajstić information content (AvgIpc) is 2.79. The van der Waals surface area contributed by atoms with Crippen LogP contribution in [0, 0.1) is 0 Å². The van der Waals surface area contributed by atoms with Gasteiger partial charge in [0.2, 0.25) is 5.91 Å². The van der Waals surface area contributed by atoms with E-state index in [1.165, 1.54) is 24.3 Å². The van der Waals surface area contributed by atoms with Crippen molar-refractivity contribution in [1.29, 1.82) is 0 Å². The van der Waals surface area contributed by atoms with Gasteiger partial charge in [-0.3, -0.25) is 9.10 Å². The average molecular weight is 473 g/mol. The van der Waals surface area contributed by atoms with Gasteiger partial charge in [0, 0.05) is 5.02 Å². The molecule has 3 aromatic rings. The second-order valence-electron chi connectivity index (χ2n) is 7.07. The molecular weight excluding hydrogens is 448 g/mol. The lowest BCUT2D eigenvalue weighted by atomic mass is 10.1. The van der Waals surface area contributed by atoms with Crippen LogP contribution >= 0.6 is 11.6 Å². The summed E-state index contributed by atoms with van der Waals surface area (Å²) >= 11 is 5.93. The molecule has 0 spiro atoms. The van der Waals surface area contributed by atoms with Crippen LogP contribution in [-0.4, -0.2) is 27.5 Å². The van der Waals surface area contributed by atoms with Gasteiger partial charge in [-0.25, -0.2) is 8.42 Å². The number of hydrogen-bond donors (Lipinski definition) is 1. The highest BCUT2D eigenvalue weighted by Gasteiger charge is 2.29. The van der Waals surface area contributed by atoms with Gasteiger partial charge in [-0.15, -0.1) is 0 Å². The number of halogens is 1. The minimum Gasteiger partial charge on any atom is -0.492 e. The van der Waals surface area contributed by atoms with Gasteiger partial charge in [0.15, 0.2) is 0 Å². The Morgan fingerprint density at radius 1 is 1.00 bits per heavy atom. The number of hydrogen-bond acceptors (Lipinski definition) is 4. The molecule has 0 bridgehead atoms. The molecule has 8 heteroatoms. The van der Waals surface area contributed by atoms with E-state index in [1.54, 1.807) is 24.3 Å². The molecule has 0 heterocycles. The van der Waals surface area contributed by atoms with Crippen LogP contribution in [0.1, 0.15) is 25.5 Å². The quantitative estimate of drug-likeness (QED) is 0.484. The minimum absolute atomic E-state index is 0.0251. The van der Waals surface area contributed by atoms with E-state index in [0.717, 1.165) is 9.87 Å². The Morgan fingerprint density at radius 3 is 2.28 bits per heavy atom. The number of ether oxygens (including phenoxy) is 1. The van der Waals surface area contributed by atoms with Gasteiger partial charge < -0.3 is 10.1 Å². The molecule has 1 amide bonds. The molecule has 3 aromatic carbocycles. The van der Waals surface area contributed by atoms with Crippen LogP contribution in [0.3, 0.4) is 0 Å². The van der Waals surface area contributed by atoms with Crippen LogP contribution in [0.4, 0.5) is 5.69 Å². The lowest BCUT2D eigenvalue weighted by Crippen LogP contribution is -2.41. The summed E-state index contributed by atoms with van der Waals surface area (Å²) < 4.78 is 33.8. The molecule has 0 saturated heterocycles. The maximum Gasteiger partial charge on any atom is 0.264 e. The number of rotatable bonds is 9. The van der Waals surface area contributed by atoms with Crippen molar-refractivity contribution in [2.24, 2.45) is 0 Å². The highest BCUT2D eigenvalue weighted by Crippen LogP contribution is 2.32. The van der Waals surface area contributed by atoms with E-state index in [9.17, 15) is 13.2 Å². The summed E-state index contributed by atoms with van der Waals surface area (Å²) in [5, 5.41) is 3.29. The zero-order valence-electron chi connectivity index (χ0n) is 17.9. The number of nitrogens with one attached hydrogen (secondary N) is 1. The number of benzene rings is 3. The Labute approximate surface area is 193 Å². The van der Waals surface area contributed by atoms with E-state index in [0.29, 0.717) is 17.4 Å². The van der Waals surface area contributed by atoms with Crippen LogP contribution < -0.4 is 14.4 Å². The van der Waals surface area contributed by atoms with E-state index < -0.39 is 22.5 Å². The largest absolute Gasteiger partial charge is 0.492 e. The molecule has 0 aromatic heterocycles. The number of sulfonamides is 1. The van der Waals surface area contributed by atoms with Crippen molar-refractivity contribution < 1.29 is 17.9 Å². The van der Waals surface area contributed by atoms with Crippen LogP contribution in [0.5, 0.6) is 5.75 Å². The first-order valence-electron chi connectivity index (χ1n) is 10.2. The third-order valence-electron chi connectivity index (χ3n) is 4.80. The summed E-state index contributed by atoms with van der Waals surface area (Å²) in [5.41, 5.74) is 1.20. The van der Waals surface area contributed by atoms with Crippen molar-refractivity contribution in [1.82, 2.24) is 5.32 Å². The Hall–Kier alpha value is -3.03. The Balaban J connectivity index is 1.96. The first kappa shape index (κ1) is 23.6. The third kappa shape index (κ3) is 5.60. The molecule has 6 nitrogen and oxygen atoms in total. The summed E-state index contributed by atoms with van der Waals surface area (Å²) in [6, 6.07) is 21.7. The molecule has 0 saturated carbocycles. The molecular formula is C24H25ClN2O4S. The highest BCUT2D eigenvalue weighted by molar-refractivity contribution is 7.92. The van der Waals surface area contributed by atoms with Gasteiger partial charge in [0.05, 0.1) is 23.2 Å². The second kappa shape index (κ2) is 10.5. The smallest absolute Gasteiger partial charge is 0.264 e. The predicted octanol–water partition coefficient (Wildman–Crippen LogP) is 4.81. The van der Waals surface area contributed by atoms with E-state index >= 15 is 0 Å². The fraction of sp³-hybridized carbons (Fsp3) is 0.208. The number of carbonyl (C=O) groups excluding carboxylic acids is 1. The Bertz CT molecular complexity index is 1150. The molecule has 1 N–H and O–H groups in total. The third-order valence-corrected chi connectivity index (χ3v) is 6.83. The molecule has 32 heavy (non-hydrogen) atoms. The molecule has 0 radical (unpaired) electrons. The zero-order valence-corrected chi connectivity index (χ0v) is 19.4. The van der Waals surface area contributed by atoms with E-state index in [2.05, 4.69) is 5.32 Å². The Kier molecular flexibility index (Phi) is 7.77. The van der Waals surface area contributed by atoms with Gasteiger partial charge in [-0.05, 0) is 55.8 Å². The van der Waals surface area contributed by atoms with Crippen molar-refractivity contribution in [2.45, 2.75) is 24.8 Å². The molecule has 0 aliphatic heterocycles. The molecule has 0 aliphatic rings. The summed E-state index contributed by atoms with van der Waals surface area (Å²) in [4.78, 5) is 13.0. The van der Waals surface area contributed by atoms with Gasteiger partial charge in [-0.2, -0.15) is 0 Å². The van der Waals surface area contributed by atoms with Crippen LogP contribution in [-0.2, 0) is 14.8 Å².